The predicted octanol–water partition coefficient (Wildman–Crippen LogP) is 4.14. The smallest absolute Gasteiger partial charge is 0.255 e. The van der Waals surface area contributed by atoms with Crippen molar-refractivity contribution in [3.8, 4) is 0 Å². The normalized spacial score (nSPS) is 14.4. The molecule has 25 heavy (non-hydrogen) atoms. The van der Waals surface area contributed by atoms with Crippen LogP contribution in [0, 0.1) is 5.82 Å². The third-order valence-electron chi connectivity index (χ3n) is 4.38. The Morgan fingerprint density at radius 2 is 2.04 bits per heavy atom. The van der Waals surface area contributed by atoms with Crippen LogP contribution in [0.1, 0.15) is 35.2 Å². The Morgan fingerprint density at radius 3 is 2.72 bits per heavy atom. The summed E-state index contributed by atoms with van der Waals surface area (Å²) in [4.78, 5) is 20.6. The van der Waals surface area contributed by atoms with Gasteiger partial charge >= 0.3 is 0 Å². The lowest BCUT2D eigenvalue weighted by Crippen LogP contribution is -2.35. The van der Waals surface area contributed by atoms with Gasteiger partial charge < -0.3 is 9.80 Å². The number of amides is 1. The third-order valence-corrected chi connectivity index (χ3v) is 4.66. The fourth-order valence-corrected chi connectivity index (χ4v) is 3.40. The van der Waals surface area contributed by atoms with Crippen LogP contribution in [0.4, 0.5) is 10.2 Å². The largest absolute Gasteiger partial charge is 0.354 e. The van der Waals surface area contributed by atoms with Crippen molar-refractivity contribution in [2.75, 3.05) is 25.0 Å². The molecule has 6 heteroatoms. The van der Waals surface area contributed by atoms with Gasteiger partial charge in [-0.1, -0.05) is 23.7 Å². The summed E-state index contributed by atoms with van der Waals surface area (Å²) in [6, 6.07) is 8.09. The van der Waals surface area contributed by atoms with Gasteiger partial charge in [0.15, 0.2) is 0 Å². The number of hydrogen-bond donors (Lipinski definition) is 0. The summed E-state index contributed by atoms with van der Waals surface area (Å²) in [5.41, 5.74) is 1.34. The number of carbonyl (C=O) groups excluding carboxylic acids is 1. The maximum Gasteiger partial charge on any atom is 0.255 e. The highest BCUT2D eigenvalue weighted by Gasteiger charge is 2.20. The van der Waals surface area contributed by atoms with E-state index in [1.165, 1.54) is 18.6 Å². The summed E-state index contributed by atoms with van der Waals surface area (Å²) in [6.07, 6.45) is 4.83. The van der Waals surface area contributed by atoms with Gasteiger partial charge in [0.1, 0.15) is 11.6 Å². The van der Waals surface area contributed by atoms with Gasteiger partial charge in [0, 0.05) is 32.9 Å². The van der Waals surface area contributed by atoms with Crippen LogP contribution < -0.4 is 4.90 Å². The van der Waals surface area contributed by atoms with Gasteiger partial charge in [0.05, 0.1) is 10.6 Å². The van der Waals surface area contributed by atoms with E-state index in [1.54, 1.807) is 18.3 Å². The van der Waals surface area contributed by atoms with E-state index in [4.69, 9.17) is 11.6 Å². The monoisotopic (exact) mass is 361 g/mol. The molecule has 1 aromatic carbocycles. The van der Waals surface area contributed by atoms with Crippen molar-refractivity contribution >= 4 is 23.3 Å². The number of hydrogen-bond acceptors (Lipinski definition) is 3. The number of benzene rings is 1. The maximum absolute atomic E-state index is 13.3. The molecule has 0 spiro atoms. The van der Waals surface area contributed by atoms with Crippen LogP contribution in [0.2, 0.25) is 5.02 Å². The molecular formula is C19H21ClFN3O. The van der Waals surface area contributed by atoms with E-state index in [1.807, 2.05) is 22.9 Å². The molecule has 0 N–H and O–H groups in total. The molecule has 1 aromatic heterocycles. The number of carbonyl (C=O) groups is 1. The molecule has 1 aliphatic heterocycles. The molecule has 0 saturated carbocycles. The average molecular weight is 362 g/mol. The predicted molar refractivity (Wildman–Crippen MR) is 97.5 cm³/mol. The molecule has 0 radical (unpaired) electrons. The molecule has 0 unspecified atom stereocenters. The Morgan fingerprint density at radius 1 is 1.28 bits per heavy atom. The van der Waals surface area contributed by atoms with Crippen molar-refractivity contribution in [1.29, 1.82) is 0 Å². The number of halogens is 2. The maximum atomic E-state index is 13.3. The molecule has 4 nitrogen and oxygen atoms in total. The summed E-state index contributed by atoms with van der Waals surface area (Å²) in [6.45, 7) is 2.05. The zero-order chi connectivity index (χ0) is 17.8. The highest BCUT2D eigenvalue weighted by Crippen LogP contribution is 2.25. The molecule has 2 aromatic rings. The summed E-state index contributed by atoms with van der Waals surface area (Å²) >= 11 is 6.36. The zero-order valence-corrected chi connectivity index (χ0v) is 15.0. The van der Waals surface area contributed by atoms with Crippen molar-refractivity contribution in [2.45, 2.75) is 25.8 Å². The molecule has 1 fully saturated rings. The first kappa shape index (κ1) is 17.7. The third kappa shape index (κ3) is 4.28. The van der Waals surface area contributed by atoms with E-state index < -0.39 is 0 Å². The zero-order valence-electron chi connectivity index (χ0n) is 14.2. The summed E-state index contributed by atoms with van der Waals surface area (Å²) < 4.78 is 13.3. The quantitative estimate of drug-likeness (QED) is 0.821. The van der Waals surface area contributed by atoms with E-state index in [9.17, 15) is 9.18 Å². The van der Waals surface area contributed by atoms with Crippen molar-refractivity contribution in [3.63, 3.8) is 0 Å². The van der Waals surface area contributed by atoms with Crippen molar-refractivity contribution in [3.05, 3.63) is 58.5 Å². The number of rotatable bonds is 4. The molecule has 1 aliphatic rings. The Kier molecular flexibility index (Phi) is 5.53. The van der Waals surface area contributed by atoms with E-state index in [-0.39, 0.29) is 11.7 Å². The van der Waals surface area contributed by atoms with Crippen LogP contribution in [0.3, 0.4) is 0 Å². The van der Waals surface area contributed by atoms with Crippen molar-refractivity contribution in [1.82, 2.24) is 9.88 Å². The van der Waals surface area contributed by atoms with Crippen molar-refractivity contribution in [2.24, 2.45) is 0 Å². The summed E-state index contributed by atoms with van der Waals surface area (Å²) in [5, 5.41) is 0.418. The highest BCUT2D eigenvalue weighted by molar-refractivity contribution is 6.33. The van der Waals surface area contributed by atoms with Crippen LogP contribution in [0.5, 0.6) is 0 Å². The Bertz CT molecular complexity index is 762. The van der Waals surface area contributed by atoms with Crippen LogP contribution in [0.25, 0.3) is 0 Å². The van der Waals surface area contributed by atoms with E-state index >= 15 is 0 Å². The molecular weight excluding hydrogens is 341 g/mol. The average Bonchev–Trinajstić information content (AvgIpc) is 2.61. The summed E-state index contributed by atoms with van der Waals surface area (Å²) in [5.74, 6) is 0.280. The number of piperidine rings is 1. The molecule has 0 bridgehead atoms. The van der Waals surface area contributed by atoms with Crippen LogP contribution in [-0.2, 0) is 6.54 Å². The number of pyridine rings is 1. The van der Waals surface area contributed by atoms with Gasteiger partial charge in [-0.3, -0.25) is 4.79 Å². The number of aromatic nitrogens is 1. The SMILES string of the molecule is CN(Cc1cccc(F)c1)c1ncc(C(=O)N2CCCCC2)cc1Cl. The van der Waals surface area contributed by atoms with Gasteiger partial charge in [-0.25, -0.2) is 9.37 Å². The minimum Gasteiger partial charge on any atom is -0.354 e. The molecule has 1 amide bonds. The summed E-state index contributed by atoms with van der Waals surface area (Å²) in [7, 11) is 1.84. The standard InChI is InChI=1S/C19H21ClFN3O/c1-23(13-14-6-5-7-16(21)10-14)18-17(20)11-15(12-22-18)19(25)24-8-3-2-4-9-24/h5-7,10-12H,2-4,8-9,13H2,1H3. The van der Waals surface area contributed by atoms with Gasteiger partial charge in [-0.05, 0) is 43.0 Å². The lowest BCUT2D eigenvalue weighted by Gasteiger charge is -2.27. The molecule has 132 valence electrons. The number of anilines is 1. The van der Waals surface area contributed by atoms with Crippen LogP contribution >= 0.6 is 11.6 Å². The second kappa shape index (κ2) is 7.83. The first-order valence-corrected chi connectivity index (χ1v) is 8.83. The molecule has 2 heterocycles. The van der Waals surface area contributed by atoms with Crippen molar-refractivity contribution < 1.29 is 9.18 Å². The number of likely N-dealkylation sites (tertiary alicyclic amines) is 1. The Hall–Kier alpha value is -2.14. The molecule has 3 rings (SSSR count). The Balaban J connectivity index is 1.73. The van der Waals surface area contributed by atoms with Gasteiger partial charge in [0.2, 0.25) is 0 Å². The highest BCUT2D eigenvalue weighted by atomic mass is 35.5. The first-order chi connectivity index (χ1) is 12.0. The van der Waals surface area contributed by atoms with Gasteiger partial charge in [0.25, 0.3) is 5.91 Å². The minimum absolute atomic E-state index is 0.0200. The van der Waals surface area contributed by atoms with Crippen LogP contribution in [-0.4, -0.2) is 35.9 Å². The lowest BCUT2D eigenvalue weighted by molar-refractivity contribution is 0.0724. The second-order valence-electron chi connectivity index (χ2n) is 6.37. The van der Waals surface area contributed by atoms with E-state index in [0.29, 0.717) is 22.9 Å². The first-order valence-electron chi connectivity index (χ1n) is 8.45. The van der Waals surface area contributed by atoms with E-state index in [2.05, 4.69) is 4.98 Å². The number of nitrogens with zero attached hydrogens (tertiary/aromatic N) is 3. The van der Waals surface area contributed by atoms with Gasteiger partial charge in [-0.15, -0.1) is 0 Å². The fraction of sp³-hybridized carbons (Fsp3) is 0.368. The lowest BCUT2D eigenvalue weighted by atomic mass is 10.1. The Labute approximate surface area is 152 Å². The van der Waals surface area contributed by atoms with E-state index in [0.717, 1.165) is 31.5 Å². The molecule has 1 saturated heterocycles. The fourth-order valence-electron chi connectivity index (χ4n) is 3.09. The topological polar surface area (TPSA) is 36.4 Å². The molecule has 0 aliphatic carbocycles. The minimum atomic E-state index is -0.271. The molecule has 0 atom stereocenters. The van der Waals surface area contributed by atoms with Gasteiger partial charge in [-0.2, -0.15) is 0 Å². The second-order valence-corrected chi connectivity index (χ2v) is 6.78. The van der Waals surface area contributed by atoms with Crippen LogP contribution in [0.15, 0.2) is 36.5 Å².